The Morgan fingerprint density at radius 1 is 1.25 bits per heavy atom. The van der Waals surface area contributed by atoms with Gasteiger partial charge >= 0.3 is 0 Å². The summed E-state index contributed by atoms with van der Waals surface area (Å²) >= 11 is 0. The number of aromatic nitrogens is 2. The molecule has 0 radical (unpaired) electrons. The van der Waals surface area contributed by atoms with Crippen molar-refractivity contribution in [1.29, 1.82) is 0 Å². The first-order valence-corrected chi connectivity index (χ1v) is 5.55. The minimum Gasteiger partial charge on any atom is -0.475 e. The van der Waals surface area contributed by atoms with Crippen LogP contribution in [0.15, 0.2) is 6.33 Å². The normalized spacial score (nSPS) is 10.2. The van der Waals surface area contributed by atoms with Crippen LogP contribution >= 0.6 is 0 Å². The Labute approximate surface area is 96.2 Å². The van der Waals surface area contributed by atoms with E-state index in [0.29, 0.717) is 25.7 Å². The van der Waals surface area contributed by atoms with Crippen molar-refractivity contribution in [3.05, 3.63) is 11.9 Å². The number of rotatable bonds is 7. The molecule has 0 fully saturated rings. The molecule has 0 saturated heterocycles. The second kappa shape index (κ2) is 7.00. The third-order valence-electron chi connectivity index (χ3n) is 2.17. The van der Waals surface area contributed by atoms with Crippen molar-refractivity contribution in [2.45, 2.75) is 20.3 Å². The van der Waals surface area contributed by atoms with Crippen molar-refractivity contribution >= 4 is 5.82 Å². The number of hydrogen-bond acceptors (Lipinski definition) is 5. The van der Waals surface area contributed by atoms with Gasteiger partial charge in [0.15, 0.2) is 0 Å². The largest absolute Gasteiger partial charge is 0.475 e. The summed E-state index contributed by atoms with van der Waals surface area (Å²) in [6.07, 6.45) is 2.34. The van der Waals surface area contributed by atoms with Gasteiger partial charge in [0.05, 0.1) is 12.2 Å². The molecule has 0 atom stereocenters. The van der Waals surface area contributed by atoms with Gasteiger partial charge in [-0.2, -0.15) is 0 Å². The van der Waals surface area contributed by atoms with Gasteiger partial charge in [0.2, 0.25) is 5.88 Å². The molecule has 0 aromatic carbocycles. The Balaban J connectivity index is 2.63. The maximum Gasteiger partial charge on any atom is 0.221 e. The quantitative estimate of drug-likeness (QED) is 0.713. The molecular formula is C11H19N3O2. The molecule has 1 aromatic rings. The van der Waals surface area contributed by atoms with Crippen molar-refractivity contribution in [1.82, 2.24) is 9.97 Å². The molecule has 0 aliphatic heterocycles. The number of nitrogens with one attached hydrogen (secondary N) is 1. The van der Waals surface area contributed by atoms with Crippen molar-refractivity contribution in [3.63, 3.8) is 0 Å². The molecule has 0 spiro atoms. The fourth-order valence-corrected chi connectivity index (χ4v) is 1.40. The van der Waals surface area contributed by atoms with Crippen LogP contribution in [0.25, 0.3) is 0 Å². The highest BCUT2D eigenvalue weighted by Crippen LogP contribution is 2.21. The molecule has 0 bridgehead atoms. The second-order valence-corrected chi connectivity index (χ2v) is 3.15. The van der Waals surface area contributed by atoms with E-state index in [0.717, 1.165) is 17.8 Å². The summed E-state index contributed by atoms with van der Waals surface area (Å²) in [7, 11) is 1.84. The molecule has 0 unspecified atom stereocenters. The number of nitrogens with zero attached hydrogens (tertiary/aromatic N) is 2. The molecule has 16 heavy (non-hydrogen) atoms. The zero-order valence-electron chi connectivity index (χ0n) is 10.1. The van der Waals surface area contributed by atoms with Gasteiger partial charge in [0.25, 0.3) is 0 Å². The van der Waals surface area contributed by atoms with Crippen LogP contribution in [-0.2, 0) is 11.2 Å². The minimum absolute atomic E-state index is 0.515. The van der Waals surface area contributed by atoms with Crippen molar-refractivity contribution in [2.24, 2.45) is 0 Å². The Hall–Kier alpha value is -1.36. The van der Waals surface area contributed by atoms with Crippen LogP contribution < -0.4 is 10.1 Å². The first-order chi connectivity index (χ1) is 7.83. The third-order valence-corrected chi connectivity index (χ3v) is 2.17. The molecule has 1 heterocycles. The summed E-state index contributed by atoms with van der Waals surface area (Å²) < 4.78 is 10.8. The molecule has 0 aliphatic carbocycles. The van der Waals surface area contributed by atoms with Gasteiger partial charge in [-0.1, -0.05) is 6.92 Å². The van der Waals surface area contributed by atoms with Gasteiger partial charge in [-0.15, -0.1) is 0 Å². The van der Waals surface area contributed by atoms with E-state index in [9.17, 15) is 0 Å². The topological polar surface area (TPSA) is 56.3 Å². The number of anilines is 1. The lowest BCUT2D eigenvalue weighted by atomic mass is 10.2. The Bertz CT molecular complexity index is 318. The molecule has 90 valence electrons. The first kappa shape index (κ1) is 12.7. The van der Waals surface area contributed by atoms with Crippen LogP contribution in [0.3, 0.4) is 0 Å². The Morgan fingerprint density at radius 3 is 2.69 bits per heavy atom. The van der Waals surface area contributed by atoms with Crippen LogP contribution in [0.5, 0.6) is 5.88 Å². The smallest absolute Gasteiger partial charge is 0.221 e. The summed E-state index contributed by atoms with van der Waals surface area (Å²) in [6, 6.07) is 0. The lowest BCUT2D eigenvalue weighted by molar-refractivity contribution is 0.108. The zero-order chi connectivity index (χ0) is 11.8. The van der Waals surface area contributed by atoms with Gasteiger partial charge in [0, 0.05) is 13.7 Å². The molecule has 0 amide bonds. The van der Waals surface area contributed by atoms with Gasteiger partial charge in [-0.05, 0) is 13.3 Å². The lowest BCUT2D eigenvalue weighted by Gasteiger charge is -2.11. The van der Waals surface area contributed by atoms with Gasteiger partial charge in [0.1, 0.15) is 18.8 Å². The Morgan fingerprint density at radius 2 is 2.06 bits per heavy atom. The summed E-state index contributed by atoms with van der Waals surface area (Å²) in [5.41, 5.74) is 1.00. The molecule has 5 heteroatoms. The molecular weight excluding hydrogens is 206 g/mol. The van der Waals surface area contributed by atoms with E-state index in [-0.39, 0.29) is 0 Å². The molecule has 0 saturated carbocycles. The molecule has 1 aromatic heterocycles. The van der Waals surface area contributed by atoms with Crippen LogP contribution in [0.2, 0.25) is 0 Å². The average molecular weight is 225 g/mol. The lowest BCUT2D eigenvalue weighted by Crippen LogP contribution is -2.10. The van der Waals surface area contributed by atoms with Gasteiger partial charge in [-0.3, -0.25) is 0 Å². The zero-order valence-corrected chi connectivity index (χ0v) is 10.1. The van der Waals surface area contributed by atoms with Gasteiger partial charge < -0.3 is 14.8 Å². The highest BCUT2D eigenvalue weighted by molar-refractivity contribution is 5.48. The SMILES string of the molecule is CCOCCOc1ncnc(NC)c1CC. The van der Waals surface area contributed by atoms with E-state index in [1.807, 2.05) is 14.0 Å². The summed E-state index contributed by atoms with van der Waals surface area (Å²) in [4.78, 5) is 8.27. The van der Waals surface area contributed by atoms with Crippen molar-refractivity contribution < 1.29 is 9.47 Å². The highest BCUT2D eigenvalue weighted by atomic mass is 16.5. The fraction of sp³-hybridized carbons (Fsp3) is 0.636. The van der Waals surface area contributed by atoms with E-state index in [2.05, 4.69) is 22.2 Å². The van der Waals surface area contributed by atoms with Crippen LogP contribution in [0.1, 0.15) is 19.4 Å². The van der Waals surface area contributed by atoms with Crippen LogP contribution in [0, 0.1) is 0 Å². The van der Waals surface area contributed by atoms with Gasteiger partial charge in [-0.25, -0.2) is 9.97 Å². The molecule has 1 N–H and O–H groups in total. The standard InChI is InChI=1S/C11H19N3O2/c1-4-9-10(12-3)13-8-14-11(9)16-7-6-15-5-2/h8H,4-7H2,1-3H3,(H,12,13,14). The van der Waals surface area contributed by atoms with E-state index in [4.69, 9.17) is 9.47 Å². The molecule has 1 rings (SSSR count). The maximum absolute atomic E-state index is 5.56. The maximum atomic E-state index is 5.56. The number of ether oxygens (including phenoxy) is 2. The summed E-state index contributed by atoms with van der Waals surface area (Å²) in [5.74, 6) is 1.46. The number of hydrogen-bond donors (Lipinski definition) is 1. The summed E-state index contributed by atoms with van der Waals surface area (Å²) in [6.45, 7) is 5.81. The molecule has 5 nitrogen and oxygen atoms in total. The van der Waals surface area contributed by atoms with Crippen molar-refractivity contribution in [2.75, 3.05) is 32.2 Å². The van der Waals surface area contributed by atoms with E-state index in [1.165, 1.54) is 6.33 Å². The summed E-state index contributed by atoms with van der Waals surface area (Å²) in [5, 5.41) is 3.03. The highest BCUT2D eigenvalue weighted by Gasteiger charge is 2.09. The van der Waals surface area contributed by atoms with E-state index < -0.39 is 0 Å². The van der Waals surface area contributed by atoms with Crippen LogP contribution in [0.4, 0.5) is 5.82 Å². The van der Waals surface area contributed by atoms with Crippen LogP contribution in [-0.4, -0.2) is 36.8 Å². The second-order valence-electron chi connectivity index (χ2n) is 3.15. The predicted molar refractivity (Wildman–Crippen MR) is 62.9 cm³/mol. The fourth-order valence-electron chi connectivity index (χ4n) is 1.40. The van der Waals surface area contributed by atoms with Crippen molar-refractivity contribution in [3.8, 4) is 5.88 Å². The minimum atomic E-state index is 0.515. The Kier molecular flexibility index (Phi) is 5.56. The molecule has 0 aliphatic rings. The van der Waals surface area contributed by atoms with E-state index in [1.54, 1.807) is 0 Å². The van der Waals surface area contributed by atoms with E-state index >= 15 is 0 Å². The average Bonchev–Trinajstić information content (AvgIpc) is 2.34. The first-order valence-electron chi connectivity index (χ1n) is 5.55. The third kappa shape index (κ3) is 3.34. The monoisotopic (exact) mass is 225 g/mol. The predicted octanol–water partition coefficient (Wildman–Crippen LogP) is 1.50.